The second-order valence-electron chi connectivity index (χ2n) is 3.59. The summed E-state index contributed by atoms with van der Waals surface area (Å²) in [4.78, 5) is 14.2. The van der Waals surface area contributed by atoms with Crippen LogP contribution >= 0.6 is 0 Å². The van der Waals surface area contributed by atoms with Crippen LogP contribution in [-0.2, 0) is 13.0 Å². The molecule has 0 aliphatic heterocycles. The lowest BCUT2D eigenvalue weighted by molar-refractivity contribution is -0.384. The third-order valence-electron chi connectivity index (χ3n) is 2.32. The molecule has 0 aliphatic rings. The number of ether oxygens (including phenoxy) is 1. The number of aryl methyl sites for hydroxylation is 1. The molecule has 1 aromatic carbocycles. The van der Waals surface area contributed by atoms with Crippen molar-refractivity contribution in [3.05, 3.63) is 46.0 Å². The van der Waals surface area contributed by atoms with Gasteiger partial charge < -0.3 is 4.74 Å². The summed E-state index contributed by atoms with van der Waals surface area (Å²) in [6, 6.07) is 5.89. The van der Waals surface area contributed by atoms with Gasteiger partial charge >= 0.3 is 0 Å². The van der Waals surface area contributed by atoms with Gasteiger partial charge in [-0.25, -0.2) is 4.98 Å². The van der Waals surface area contributed by atoms with Crippen molar-refractivity contribution >= 4 is 5.69 Å². The highest BCUT2D eigenvalue weighted by Gasteiger charge is 2.05. The molecule has 7 nitrogen and oxygen atoms in total. The maximum Gasteiger partial charge on any atom is 0.269 e. The van der Waals surface area contributed by atoms with Crippen molar-refractivity contribution in [2.45, 2.75) is 20.0 Å². The van der Waals surface area contributed by atoms with E-state index in [0.29, 0.717) is 11.6 Å². The maximum absolute atomic E-state index is 10.5. The number of nitrogens with zero attached hydrogens (tertiary/aromatic N) is 3. The highest BCUT2D eigenvalue weighted by molar-refractivity contribution is 5.35. The molecule has 2 rings (SSSR count). The minimum atomic E-state index is -0.451. The molecule has 0 spiro atoms. The number of benzene rings is 1. The van der Waals surface area contributed by atoms with E-state index in [1.807, 2.05) is 6.92 Å². The minimum Gasteiger partial charge on any atom is -0.486 e. The summed E-state index contributed by atoms with van der Waals surface area (Å²) in [5, 5.41) is 17.2. The van der Waals surface area contributed by atoms with Crippen LogP contribution in [0.3, 0.4) is 0 Å². The first-order chi connectivity index (χ1) is 8.69. The fraction of sp³-hybridized carbons (Fsp3) is 0.273. The first kappa shape index (κ1) is 12.0. The molecule has 0 radical (unpaired) electrons. The molecule has 94 valence electrons. The van der Waals surface area contributed by atoms with Gasteiger partial charge in [0.05, 0.1) is 4.92 Å². The summed E-state index contributed by atoms with van der Waals surface area (Å²) in [6.07, 6.45) is 0.758. The lowest BCUT2D eigenvalue weighted by Crippen LogP contribution is -1.98. The molecule has 0 bridgehead atoms. The van der Waals surface area contributed by atoms with E-state index in [4.69, 9.17) is 4.74 Å². The van der Waals surface area contributed by atoms with E-state index in [0.717, 1.165) is 12.2 Å². The van der Waals surface area contributed by atoms with E-state index in [1.54, 1.807) is 12.1 Å². The first-order valence-electron chi connectivity index (χ1n) is 5.46. The van der Waals surface area contributed by atoms with Gasteiger partial charge in [0.2, 0.25) is 0 Å². The van der Waals surface area contributed by atoms with Gasteiger partial charge in [-0.05, 0) is 12.1 Å². The number of non-ortho nitro benzene ring substituents is 1. The molecule has 0 atom stereocenters. The van der Waals surface area contributed by atoms with Crippen LogP contribution in [0.25, 0.3) is 0 Å². The molecule has 18 heavy (non-hydrogen) atoms. The number of aromatic nitrogens is 3. The molecular weight excluding hydrogens is 236 g/mol. The van der Waals surface area contributed by atoms with Gasteiger partial charge in [0.25, 0.3) is 5.69 Å². The van der Waals surface area contributed by atoms with Crippen molar-refractivity contribution < 1.29 is 9.66 Å². The van der Waals surface area contributed by atoms with Crippen molar-refractivity contribution in [2.75, 3.05) is 0 Å². The number of aromatic amines is 1. The SMILES string of the molecule is CCc1n[nH]c(COc2ccc([N+](=O)[O-])cc2)n1. The predicted octanol–water partition coefficient (Wildman–Crippen LogP) is 1.85. The Morgan fingerprint density at radius 1 is 1.39 bits per heavy atom. The zero-order valence-electron chi connectivity index (χ0n) is 9.79. The normalized spacial score (nSPS) is 10.3. The quantitative estimate of drug-likeness (QED) is 0.643. The second-order valence-corrected chi connectivity index (χ2v) is 3.59. The number of hydrogen-bond donors (Lipinski definition) is 1. The average Bonchev–Trinajstić information content (AvgIpc) is 2.85. The monoisotopic (exact) mass is 248 g/mol. The highest BCUT2D eigenvalue weighted by Crippen LogP contribution is 2.17. The van der Waals surface area contributed by atoms with E-state index in [9.17, 15) is 10.1 Å². The van der Waals surface area contributed by atoms with Crippen molar-refractivity contribution in [3.63, 3.8) is 0 Å². The number of nitrogens with one attached hydrogen (secondary N) is 1. The van der Waals surface area contributed by atoms with Gasteiger partial charge in [-0.15, -0.1) is 0 Å². The Morgan fingerprint density at radius 3 is 2.67 bits per heavy atom. The summed E-state index contributed by atoms with van der Waals surface area (Å²) >= 11 is 0. The molecule has 0 amide bonds. The van der Waals surface area contributed by atoms with Crippen molar-refractivity contribution in [3.8, 4) is 5.75 Å². The molecule has 0 saturated carbocycles. The van der Waals surface area contributed by atoms with E-state index in [2.05, 4.69) is 15.2 Å². The Kier molecular flexibility index (Phi) is 3.52. The smallest absolute Gasteiger partial charge is 0.269 e. The van der Waals surface area contributed by atoms with Crippen molar-refractivity contribution in [2.24, 2.45) is 0 Å². The summed E-state index contributed by atoms with van der Waals surface area (Å²) in [5.74, 6) is 1.91. The highest BCUT2D eigenvalue weighted by atomic mass is 16.6. The molecular formula is C11H12N4O3. The van der Waals surface area contributed by atoms with Gasteiger partial charge in [-0.3, -0.25) is 15.2 Å². The molecule has 0 fully saturated rings. The van der Waals surface area contributed by atoms with E-state index in [1.165, 1.54) is 12.1 Å². The van der Waals surface area contributed by atoms with E-state index < -0.39 is 4.92 Å². The van der Waals surface area contributed by atoms with Crippen molar-refractivity contribution in [1.82, 2.24) is 15.2 Å². The number of hydrogen-bond acceptors (Lipinski definition) is 5. The summed E-state index contributed by atoms with van der Waals surface area (Å²) in [7, 11) is 0. The van der Waals surface area contributed by atoms with Gasteiger partial charge in [0.15, 0.2) is 11.6 Å². The standard InChI is InChI=1S/C11H12N4O3/c1-2-10-12-11(14-13-10)7-18-9-5-3-8(4-6-9)15(16)17/h3-6H,2,7H2,1H3,(H,12,13,14). The second kappa shape index (κ2) is 5.26. The topological polar surface area (TPSA) is 93.9 Å². The van der Waals surface area contributed by atoms with Crippen LogP contribution in [0.4, 0.5) is 5.69 Å². The molecule has 0 saturated heterocycles. The van der Waals surface area contributed by atoms with Gasteiger partial charge in [-0.1, -0.05) is 6.92 Å². The molecule has 0 aliphatic carbocycles. The fourth-order valence-corrected chi connectivity index (χ4v) is 1.37. The van der Waals surface area contributed by atoms with Gasteiger partial charge in [0, 0.05) is 18.6 Å². The summed E-state index contributed by atoms with van der Waals surface area (Å²) < 4.78 is 5.43. The average molecular weight is 248 g/mol. The van der Waals surface area contributed by atoms with Gasteiger partial charge in [0.1, 0.15) is 12.4 Å². The number of rotatable bonds is 5. The zero-order valence-corrected chi connectivity index (χ0v) is 9.79. The Morgan fingerprint density at radius 2 is 2.11 bits per heavy atom. The maximum atomic E-state index is 10.5. The molecule has 7 heteroatoms. The van der Waals surface area contributed by atoms with E-state index >= 15 is 0 Å². The fourth-order valence-electron chi connectivity index (χ4n) is 1.37. The Bertz CT molecular complexity index is 535. The molecule has 0 unspecified atom stereocenters. The van der Waals surface area contributed by atoms with Crippen LogP contribution in [0.15, 0.2) is 24.3 Å². The third-order valence-corrected chi connectivity index (χ3v) is 2.32. The summed E-state index contributed by atoms with van der Waals surface area (Å²) in [5.41, 5.74) is 0.0373. The third kappa shape index (κ3) is 2.82. The Hall–Kier alpha value is -2.44. The van der Waals surface area contributed by atoms with Gasteiger partial charge in [-0.2, -0.15) is 5.10 Å². The lowest BCUT2D eigenvalue weighted by Gasteiger charge is -2.02. The van der Waals surface area contributed by atoms with Crippen LogP contribution in [0.1, 0.15) is 18.6 Å². The number of H-pyrrole nitrogens is 1. The number of nitro groups is 1. The largest absolute Gasteiger partial charge is 0.486 e. The lowest BCUT2D eigenvalue weighted by atomic mass is 10.3. The number of nitro benzene ring substituents is 1. The molecule has 1 heterocycles. The molecule has 1 aromatic heterocycles. The summed E-state index contributed by atoms with van der Waals surface area (Å²) in [6.45, 7) is 2.22. The molecule has 2 aromatic rings. The predicted molar refractivity (Wildman–Crippen MR) is 63.2 cm³/mol. The van der Waals surface area contributed by atoms with Crippen molar-refractivity contribution in [1.29, 1.82) is 0 Å². The minimum absolute atomic E-state index is 0.0373. The van der Waals surface area contributed by atoms with Crippen LogP contribution < -0.4 is 4.74 Å². The molecule has 1 N–H and O–H groups in total. The van der Waals surface area contributed by atoms with Crippen LogP contribution in [0.2, 0.25) is 0 Å². The zero-order chi connectivity index (χ0) is 13.0. The Balaban J connectivity index is 1.95. The Labute approximate surface area is 103 Å². The van der Waals surface area contributed by atoms with Crippen LogP contribution in [0, 0.1) is 10.1 Å². The van der Waals surface area contributed by atoms with Crippen LogP contribution in [-0.4, -0.2) is 20.1 Å². The van der Waals surface area contributed by atoms with Crippen LogP contribution in [0.5, 0.6) is 5.75 Å². The van der Waals surface area contributed by atoms with E-state index in [-0.39, 0.29) is 12.3 Å². The first-order valence-corrected chi connectivity index (χ1v) is 5.46.